The predicted molar refractivity (Wildman–Crippen MR) is 104 cm³/mol. The zero-order chi connectivity index (χ0) is 19.0. The minimum absolute atomic E-state index is 0.0811. The Morgan fingerprint density at radius 2 is 2.04 bits per heavy atom. The second-order valence-corrected chi connectivity index (χ2v) is 7.84. The van der Waals surface area contributed by atoms with Crippen LogP contribution in [0.15, 0.2) is 24.3 Å². The third kappa shape index (κ3) is 6.60. The van der Waals surface area contributed by atoms with E-state index in [1.807, 2.05) is 12.1 Å². The van der Waals surface area contributed by atoms with Gasteiger partial charge in [0.15, 0.2) is 0 Å². The number of benzene rings is 1. The molecular weight excluding hydrogens is 326 g/mol. The molecule has 1 fully saturated rings. The molecule has 5 heteroatoms. The normalized spacial score (nSPS) is 21.3. The van der Waals surface area contributed by atoms with Crippen molar-refractivity contribution in [1.82, 2.24) is 10.2 Å². The van der Waals surface area contributed by atoms with Crippen molar-refractivity contribution in [1.29, 1.82) is 5.26 Å². The van der Waals surface area contributed by atoms with Gasteiger partial charge in [-0.05, 0) is 51.8 Å². The van der Waals surface area contributed by atoms with Crippen molar-refractivity contribution in [3.8, 4) is 11.8 Å². The predicted octanol–water partition coefficient (Wildman–Crippen LogP) is 3.35. The van der Waals surface area contributed by atoms with Crippen molar-refractivity contribution in [3.63, 3.8) is 0 Å². The van der Waals surface area contributed by atoms with E-state index in [4.69, 9.17) is 14.7 Å². The van der Waals surface area contributed by atoms with Crippen LogP contribution in [0.5, 0.6) is 5.75 Å². The first-order valence-corrected chi connectivity index (χ1v) is 9.60. The molecule has 0 radical (unpaired) electrons. The third-order valence-corrected chi connectivity index (χ3v) is 4.76. The van der Waals surface area contributed by atoms with E-state index in [2.05, 4.69) is 56.1 Å². The largest absolute Gasteiger partial charge is 0.494 e. The molecule has 2 rings (SSSR count). The molecule has 1 aromatic rings. The second-order valence-electron chi connectivity index (χ2n) is 7.84. The number of hydrogen-bond donors (Lipinski definition) is 1. The summed E-state index contributed by atoms with van der Waals surface area (Å²) in [5, 5.41) is 12.2. The number of morpholine rings is 1. The Labute approximate surface area is 158 Å². The molecule has 1 aliphatic rings. The van der Waals surface area contributed by atoms with E-state index < -0.39 is 0 Å². The van der Waals surface area contributed by atoms with Crippen LogP contribution in [-0.4, -0.2) is 48.9 Å². The molecule has 5 nitrogen and oxygen atoms in total. The molecule has 2 unspecified atom stereocenters. The van der Waals surface area contributed by atoms with E-state index in [0.717, 1.165) is 38.3 Å². The van der Waals surface area contributed by atoms with Gasteiger partial charge in [-0.2, -0.15) is 5.26 Å². The number of unbranched alkanes of at least 4 members (excludes halogenated alkanes) is 1. The molecule has 1 saturated heterocycles. The lowest BCUT2D eigenvalue weighted by atomic mass is 10.00. The van der Waals surface area contributed by atoms with Crippen molar-refractivity contribution < 1.29 is 9.47 Å². The molecule has 144 valence electrons. The molecule has 0 aliphatic carbocycles. The monoisotopic (exact) mass is 359 g/mol. The standard InChI is InChI=1S/C21H33N3O2/c1-17-14-24(15-18(2)26-17)21(3,4)16-23-13-19-8-7-9-20(12-19)25-11-6-5-10-22/h7-9,12,17-18,23H,5-6,11,13-16H2,1-4H3. The molecule has 2 atom stereocenters. The highest BCUT2D eigenvalue weighted by Gasteiger charge is 2.32. The lowest BCUT2D eigenvalue weighted by molar-refractivity contribution is -0.0952. The summed E-state index contributed by atoms with van der Waals surface area (Å²) in [6.45, 7) is 13.1. The summed E-state index contributed by atoms with van der Waals surface area (Å²) in [5.41, 5.74) is 1.29. The van der Waals surface area contributed by atoms with Crippen LogP contribution < -0.4 is 10.1 Å². The number of nitrogens with zero attached hydrogens (tertiary/aromatic N) is 2. The average molecular weight is 360 g/mol. The van der Waals surface area contributed by atoms with Gasteiger partial charge in [-0.25, -0.2) is 0 Å². The van der Waals surface area contributed by atoms with Gasteiger partial charge in [-0.15, -0.1) is 0 Å². The zero-order valence-electron chi connectivity index (χ0n) is 16.6. The number of hydrogen-bond acceptors (Lipinski definition) is 5. The fourth-order valence-electron chi connectivity index (χ4n) is 3.38. The van der Waals surface area contributed by atoms with Gasteiger partial charge in [0.1, 0.15) is 5.75 Å². The van der Waals surface area contributed by atoms with Crippen molar-refractivity contribution in [2.24, 2.45) is 0 Å². The summed E-state index contributed by atoms with van der Waals surface area (Å²) in [7, 11) is 0. The average Bonchev–Trinajstić information content (AvgIpc) is 2.58. The smallest absolute Gasteiger partial charge is 0.119 e. The van der Waals surface area contributed by atoms with E-state index in [0.29, 0.717) is 13.0 Å². The molecular formula is C21H33N3O2. The molecule has 1 heterocycles. The first-order chi connectivity index (χ1) is 12.4. The van der Waals surface area contributed by atoms with Gasteiger partial charge < -0.3 is 14.8 Å². The van der Waals surface area contributed by atoms with E-state index in [9.17, 15) is 0 Å². The molecule has 1 aromatic carbocycles. The van der Waals surface area contributed by atoms with Crippen molar-refractivity contribution in [3.05, 3.63) is 29.8 Å². The van der Waals surface area contributed by atoms with Crippen LogP contribution >= 0.6 is 0 Å². The Bertz CT molecular complexity index is 587. The Morgan fingerprint density at radius 1 is 1.31 bits per heavy atom. The van der Waals surface area contributed by atoms with Crippen LogP contribution in [0, 0.1) is 11.3 Å². The first-order valence-electron chi connectivity index (χ1n) is 9.60. The van der Waals surface area contributed by atoms with Crippen LogP contribution in [0.3, 0.4) is 0 Å². The van der Waals surface area contributed by atoms with Gasteiger partial charge in [-0.3, -0.25) is 4.90 Å². The number of rotatable bonds is 9. The Hall–Kier alpha value is -1.61. The molecule has 0 saturated carbocycles. The molecule has 0 spiro atoms. The number of nitriles is 1. The van der Waals surface area contributed by atoms with E-state index in [-0.39, 0.29) is 17.7 Å². The minimum Gasteiger partial charge on any atom is -0.494 e. The lowest BCUT2D eigenvalue weighted by Crippen LogP contribution is -2.58. The summed E-state index contributed by atoms with van der Waals surface area (Å²) in [6.07, 6.45) is 1.87. The highest BCUT2D eigenvalue weighted by Crippen LogP contribution is 2.21. The Morgan fingerprint density at radius 3 is 2.73 bits per heavy atom. The molecule has 0 amide bonds. The molecule has 1 N–H and O–H groups in total. The van der Waals surface area contributed by atoms with E-state index in [1.54, 1.807) is 0 Å². The fraction of sp³-hybridized carbons (Fsp3) is 0.667. The summed E-state index contributed by atoms with van der Waals surface area (Å²) in [4.78, 5) is 2.52. The van der Waals surface area contributed by atoms with Gasteiger partial charge in [0.05, 0.1) is 24.9 Å². The third-order valence-electron chi connectivity index (χ3n) is 4.76. The maximum atomic E-state index is 8.57. The topological polar surface area (TPSA) is 57.5 Å². The quantitative estimate of drug-likeness (QED) is 0.685. The van der Waals surface area contributed by atoms with Gasteiger partial charge in [0, 0.05) is 38.1 Å². The molecule has 26 heavy (non-hydrogen) atoms. The minimum atomic E-state index is 0.0811. The van der Waals surface area contributed by atoms with Gasteiger partial charge >= 0.3 is 0 Å². The highest BCUT2D eigenvalue weighted by atomic mass is 16.5. The van der Waals surface area contributed by atoms with Crippen LogP contribution in [0.2, 0.25) is 0 Å². The Balaban J connectivity index is 1.80. The molecule has 0 aromatic heterocycles. The lowest BCUT2D eigenvalue weighted by Gasteiger charge is -2.45. The van der Waals surface area contributed by atoms with Crippen LogP contribution in [0.25, 0.3) is 0 Å². The second kappa shape index (κ2) is 9.91. The maximum absolute atomic E-state index is 8.57. The molecule has 0 bridgehead atoms. The zero-order valence-corrected chi connectivity index (χ0v) is 16.6. The van der Waals surface area contributed by atoms with Crippen molar-refractivity contribution >= 4 is 0 Å². The maximum Gasteiger partial charge on any atom is 0.119 e. The van der Waals surface area contributed by atoms with Crippen molar-refractivity contribution in [2.75, 3.05) is 26.2 Å². The fourth-order valence-corrected chi connectivity index (χ4v) is 3.38. The summed E-state index contributed by atoms with van der Waals surface area (Å²) in [5.74, 6) is 0.873. The Kier molecular flexibility index (Phi) is 7.89. The van der Waals surface area contributed by atoms with E-state index >= 15 is 0 Å². The van der Waals surface area contributed by atoms with Crippen LogP contribution in [0.1, 0.15) is 46.1 Å². The first kappa shape index (κ1) is 20.7. The molecule has 1 aliphatic heterocycles. The summed E-state index contributed by atoms with van der Waals surface area (Å²) in [6, 6.07) is 10.3. The van der Waals surface area contributed by atoms with Crippen molar-refractivity contribution in [2.45, 2.75) is 64.8 Å². The number of ether oxygens (including phenoxy) is 2. The highest BCUT2D eigenvalue weighted by molar-refractivity contribution is 5.28. The van der Waals surface area contributed by atoms with Gasteiger partial charge in [-0.1, -0.05) is 12.1 Å². The summed E-state index contributed by atoms with van der Waals surface area (Å²) >= 11 is 0. The van der Waals surface area contributed by atoms with E-state index in [1.165, 1.54) is 5.56 Å². The summed E-state index contributed by atoms with van der Waals surface area (Å²) < 4.78 is 11.6. The van der Waals surface area contributed by atoms with Gasteiger partial charge in [0.2, 0.25) is 0 Å². The van der Waals surface area contributed by atoms with Crippen LogP contribution in [-0.2, 0) is 11.3 Å². The number of nitrogens with one attached hydrogen (secondary N) is 1. The van der Waals surface area contributed by atoms with Crippen LogP contribution in [0.4, 0.5) is 0 Å². The SMILES string of the molecule is CC1CN(C(C)(C)CNCc2cccc(OCCCC#N)c2)CC(C)O1. The van der Waals surface area contributed by atoms with Gasteiger partial charge in [0.25, 0.3) is 0 Å².